The smallest absolute Gasteiger partial charge is 0.254 e. The molecule has 1 aliphatic rings. The van der Waals surface area contributed by atoms with Gasteiger partial charge in [0.15, 0.2) is 0 Å². The zero-order chi connectivity index (χ0) is 12.4. The van der Waals surface area contributed by atoms with E-state index in [9.17, 15) is 4.79 Å². The van der Waals surface area contributed by atoms with Gasteiger partial charge in [0, 0.05) is 13.7 Å². The van der Waals surface area contributed by atoms with E-state index < -0.39 is 6.10 Å². The van der Waals surface area contributed by atoms with E-state index >= 15 is 0 Å². The van der Waals surface area contributed by atoms with Gasteiger partial charge in [-0.25, -0.2) is 0 Å². The Hall–Kier alpha value is -1.87. The molecular formula is C11H14N4O2. The highest BCUT2D eigenvalue weighted by Gasteiger charge is 2.31. The highest BCUT2D eigenvalue weighted by atomic mass is 16.5. The molecule has 2 heterocycles. The summed E-state index contributed by atoms with van der Waals surface area (Å²) in [5.41, 5.74) is 0.353. The van der Waals surface area contributed by atoms with Gasteiger partial charge >= 0.3 is 0 Å². The second-order valence-electron chi connectivity index (χ2n) is 4.19. The molecule has 6 heteroatoms. The Morgan fingerprint density at radius 2 is 2.53 bits per heavy atom. The predicted octanol–water partition coefficient (Wildman–Crippen LogP) is 0.655. The Morgan fingerprint density at radius 3 is 3.12 bits per heavy atom. The maximum absolute atomic E-state index is 12.0. The molecule has 0 spiro atoms. The van der Waals surface area contributed by atoms with E-state index in [4.69, 9.17) is 10.00 Å². The first-order valence-electron chi connectivity index (χ1n) is 5.48. The quantitative estimate of drug-likeness (QED) is 0.815. The molecule has 0 aliphatic carbocycles. The first-order valence-corrected chi connectivity index (χ1v) is 5.48. The average molecular weight is 234 g/mol. The van der Waals surface area contributed by atoms with Crippen molar-refractivity contribution in [2.24, 2.45) is 13.0 Å². The number of aryl methyl sites for hydroxylation is 1. The van der Waals surface area contributed by atoms with E-state index in [2.05, 4.69) is 10.4 Å². The fraction of sp³-hybridized carbons (Fsp3) is 0.545. The van der Waals surface area contributed by atoms with Gasteiger partial charge in [-0.2, -0.15) is 10.4 Å². The lowest BCUT2D eigenvalue weighted by molar-refractivity contribution is -0.126. The number of carbonyl (C=O) groups excluding carboxylic acids is 1. The van der Waals surface area contributed by atoms with E-state index in [1.54, 1.807) is 7.05 Å². The van der Waals surface area contributed by atoms with Crippen LogP contribution in [0, 0.1) is 17.2 Å². The van der Waals surface area contributed by atoms with Crippen LogP contribution in [0.5, 0.6) is 0 Å². The number of amides is 1. The summed E-state index contributed by atoms with van der Waals surface area (Å²) in [5.74, 6) is 0.407. The van der Waals surface area contributed by atoms with Crippen LogP contribution < -0.4 is 5.32 Å². The summed E-state index contributed by atoms with van der Waals surface area (Å²) in [6.07, 6.45) is 1.87. The number of rotatable bonds is 2. The molecule has 1 aliphatic heterocycles. The lowest BCUT2D eigenvalue weighted by Gasteiger charge is -2.14. The van der Waals surface area contributed by atoms with Crippen LogP contribution in [0.3, 0.4) is 0 Å². The van der Waals surface area contributed by atoms with Gasteiger partial charge in [-0.05, 0) is 12.3 Å². The number of anilines is 1. The van der Waals surface area contributed by atoms with Crippen LogP contribution in [0.25, 0.3) is 0 Å². The molecule has 6 nitrogen and oxygen atoms in total. The lowest BCUT2D eigenvalue weighted by Crippen LogP contribution is -2.32. The molecule has 17 heavy (non-hydrogen) atoms. The molecule has 90 valence electrons. The van der Waals surface area contributed by atoms with E-state index in [1.165, 1.54) is 10.9 Å². The van der Waals surface area contributed by atoms with Crippen LogP contribution in [0.2, 0.25) is 0 Å². The SMILES string of the molecule is CC1CCOC1C(=O)Nc1c(C#N)cnn1C. The van der Waals surface area contributed by atoms with Gasteiger partial charge in [-0.1, -0.05) is 6.92 Å². The highest BCUT2D eigenvalue weighted by Crippen LogP contribution is 2.22. The van der Waals surface area contributed by atoms with Gasteiger partial charge in [0.2, 0.25) is 0 Å². The fourth-order valence-corrected chi connectivity index (χ4v) is 1.89. The molecule has 0 saturated carbocycles. The third kappa shape index (κ3) is 2.15. The topological polar surface area (TPSA) is 79.9 Å². The van der Waals surface area contributed by atoms with Gasteiger partial charge < -0.3 is 10.1 Å². The van der Waals surface area contributed by atoms with Crippen LogP contribution in [0.4, 0.5) is 5.82 Å². The molecule has 1 N–H and O–H groups in total. The van der Waals surface area contributed by atoms with E-state index in [0.717, 1.165) is 6.42 Å². The Labute approximate surface area is 99.2 Å². The first-order chi connectivity index (χ1) is 8.13. The number of aromatic nitrogens is 2. The fourth-order valence-electron chi connectivity index (χ4n) is 1.89. The number of nitrogens with one attached hydrogen (secondary N) is 1. The normalized spacial score (nSPS) is 23.4. The summed E-state index contributed by atoms with van der Waals surface area (Å²) < 4.78 is 6.83. The molecule has 0 radical (unpaired) electrons. The standard InChI is InChI=1S/C11H14N4O2/c1-7-3-4-17-9(7)11(16)14-10-8(5-12)6-13-15(10)2/h6-7,9H,3-4H2,1-2H3,(H,14,16). The molecule has 1 aromatic rings. The van der Waals surface area contributed by atoms with Crippen LogP contribution in [-0.4, -0.2) is 28.4 Å². The van der Waals surface area contributed by atoms with Crippen LogP contribution >= 0.6 is 0 Å². The molecule has 1 aromatic heterocycles. The molecule has 2 rings (SSSR count). The molecule has 1 fully saturated rings. The number of carbonyl (C=O) groups is 1. The number of hydrogen-bond acceptors (Lipinski definition) is 4. The molecule has 0 bridgehead atoms. The van der Waals surface area contributed by atoms with Gasteiger partial charge in [-0.3, -0.25) is 9.48 Å². The van der Waals surface area contributed by atoms with Crippen LogP contribution in [-0.2, 0) is 16.6 Å². The zero-order valence-corrected chi connectivity index (χ0v) is 9.80. The molecule has 1 amide bonds. The lowest BCUT2D eigenvalue weighted by atomic mass is 10.0. The maximum atomic E-state index is 12.0. The second-order valence-corrected chi connectivity index (χ2v) is 4.19. The third-order valence-corrected chi connectivity index (χ3v) is 2.95. The third-order valence-electron chi connectivity index (χ3n) is 2.95. The predicted molar refractivity (Wildman–Crippen MR) is 60.1 cm³/mol. The minimum atomic E-state index is -0.434. The molecule has 2 atom stereocenters. The summed E-state index contributed by atoms with van der Waals surface area (Å²) in [5, 5.41) is 15.5. The number of ether oxygens (including phenoxy) is 1. The van der Waals surface area contributed by atoms with E-state index in [0.29, 0.717) is 18.0 Å². The van der Waals surface area contributed by atoms with Crippen molar-refractivity contribution < 1.29 is 9.53 Å². The van der Waals surface area contributed by atoms with Crippen molar-refractivity contribution in [3.05, 3.63) is 11.8 Å². The average Bonchev–Trinajstić information content (AvgIpc) is 2.87. The minimum absolute atomic E-state index is 0.203. The van der Waals surface area contributed by atoms with Crippen molar-refractivity contribution in [3.63, 3.8) is 0 Å². The van der Waals surface area contributed by atoms with Gasteiger partial charge in [0.1, 0.15) is 23.6 Å². The summed E-state index contributed by atoms with van der Waals surface area (Å²) in [6, 6.07) is 1.98. The largest absolute Gasteiger partial charge is 0.368 e. The Balaban J connectivity index is 2.13. The highest BCUT2D eigenvalue weighted by molar-refractivity contribution is 5.94. The zero-order valence-electron chi connectivity index (χ0n) is 9.80. The Morgan fingerprint density at radius 1 is 1.76 bits per heavy atom. The number of nitriles is 1. The number of hydrogen-bond donors (Lipinski definition) is 1. The summed E-state index contributed by atoms with van der Waals surface area (Å²) >= 11 is 0. The number of nitrogens with zero attached hydrogens (tertiary/aromatic N) is 3. The van der Waals surface area contributed by atoms with Gasteiger partial charge in [-0.15, -0.1) is 0 Å². The van der Waals surface area contributed by atoms with Gasteiger partial charge in [0.25, 0.3) is 5.91 Å². The van der Waals surface area contributed by atoms with Crippen molar-refractivity contribution in [2.75, 3.05) is 11.9 Å². The Kier molecular flexibility index (Phi) is 3.11. The van der Waals surface area contributed by atoms with Crippen molar-refractivity contribution in [1.29, 1.82) is 5.26 Å². The summed E-state index contributed by atoms with van der Waals surface area (Å²) in [7, 11) is 1.68. The molecule has 0 aromatic carbocycles. The van der Waals surface area contributed by atoms with Gasteiger partial charge in [0.05, 0.1) is 6.20 Å². The monoisotopic (exact) mass is 234 g/mol. The molecule has 1 saturated heterocycles. The maximum Gasteiger partial charge on any atom is 0.254 e. The summed E-state index contributed by atoms with van der Waals surface area (Å²) in [4.78, 5) is 12.0. The molecule has 2 unspecified atom stereocenters. The second kappa shape index (κ2) is 4.55. The van der Waals surface area contributed by atoms with Crippen molar-refractivity contribution in [1.82, 2.24) is 9.78 Å². The Bertz CT molecular complexity index is 474. The van der Waals surface area contributed by atoms with Crippen molar-refractivity contribution in [2.45, 2.75) is 19.4 Å². The van der Waals surface area contributed by atoms with Crippen molar-refractivity contribution >= 4 is 11.7 Å². The summed E-state index contributed by atoms with van der Waals surface area (Å²) in [6.45, 7) is 2.58. The van der Waals surface area contributed by atoms with E-state index in [-0.39, 0.29) is 11.8 Å². The minimum Gasteiger partial charge on any atom is -0.368 e. The van der Waals surface area contributed by atoms with Crippen molar-refractivity contribution in [3.8, 4) is 6.07 Å². The van der Waals surface area contributed by atoms with Crippen LogP contribution in [0.1, 0.15) is 18.9 Å². The van der Waals surface area contributed by atoms with E-state index in [1.807, 2.05) is 13.0 Å². The molecular weight excluding hydrogens is 220 g/mol. The van der Waals surface area contributed by atoms with Crippen LogP contribution in [0.15, 0.2) is 6.20 Å². The first kappa shape index (κ1) is 11.6.